The lowest BCUT2D eigenvalue weighted by atomic mass is 9.90. The first-order valence-electron chi connectivity index (χ1n) is 8.32. The minimum Gasteiger partial charge on any atom is -0.390 e. The number of rotatable bonds is 3. The predicted molar refractivity (Wildman–Crippen MR) is 92.8 cm³/mol. The van der Waals surface area contributed by atoms with E-state index in [1.54, 1.807) is 11.3 Å². The van der Waals surface area contributed by atoms with E-state index >= 15 is 0 Å². The molecule has 1 fully saturated rings. The molecule has 1 N–H and O–H groups in total. The average Bonchev–Trinajstić information content (AvgIpc) is 3.14. The molecule has 5 heteroatoms. The van der Waals surface area contributed by atoms with Gasteiger partial charge in [0.2, 0.25) is 4.96 Å². The fourth-order valence-electron chi connectivity index (χ4n) is 3.40. The molecule has 4 nitrogen and oxygen atoms in total. The minimum atomic E-state index is -0.0434. The summed E-state index contributed by atoms with van der Waals surface area (Å²) in [6.45, 7) is 2.03. The molecule has 0 unspecified atom stereocenters. The molecule has 3 aromatic rings. The molecule has 0 atom stereocenters. The molecule has 1 aromatic carbocycles. The quantitative estimate of drug-likeness (QED) is 0.780. The number of aliphatic hydroxyl groups excluding tert-OH is 1. The van der Waals surface area contributed by atoms with Gasteiger partial charge in [-0.15, -0.1) is 0 Å². The van der Waals surface area contributed by atoms with Crippen molar-refractivity contribution >= 4 is 16.3 Å². The highest BCUT2D eigenvalue weighted by Gasteiger charge is 2.23. The van der Waals surface area contributed by atoms with Crippen LogP contribution in [0.5, 0.6) is 0 Å². The van der Waals surface area contributed by atoms with Crippen LogP contribution in [-0.4, -0.2) is 19.7 Å². The summed E-state index contributed by atoms with van der Waals surface area (Å²) in [6, 6.07) is 8.27. The van der Waals surface area contributed by atoms with Crippen LogP contribution in [0.1, 0.15) is 54.3 Å². The second-order valence-electron chi connectivity index (χ2n) is 6.40. The summed E-state index contributed by atoms with van der Waals surface area (Å²) in [5, 5.41) is 15.8. The number of aromatic nitrogens is 3. The zero-order chi connectivity index (χ0) is 15.8. The molecule has 0 amide bonds. The summed E-state index contributed by atoms with van der Waals surface area (Å²) in [4.78, 5) is 5.65. The largest absolute Gasteiger partial charge is 0.390 e. The molecule has 0 aliphatic heterocycles. The SMILES string of the molecule is Cc1ccc(-c2nc3sc(C4CCCCC4)nn3c2CO)cc1. The van der Waals surface area contributed by atoms with Crippen molar-refractivity contribution in [3.8, 4) is 11.3 Å². The van der Waals surface area contributed by atoms with E-state index in [1.807, 2.05) is 4.52 Å². The van der Waals surface area contributed by atoms with Gasteiger partial charge in [0.15, 0.2) is 0 Å². The Bertz CT molecular complexity index is 813. The molecule has 0 saturated heterocycles. The van der Waals surface area contributed by atoms with E-state index in [-0.39, 0.29) is 6.61 Å². The van der Waals surface area contributed by atoms with Crippen molar-refractivity contribution in [2.75, 3.05) is 0 Å². The van der Waals surface area contributed by atoms with E-state index in [0.717, 1.165) is 21.9 Å². The Labute approximate surface area is 139 Å². The van der Waals surface area contributed by atoms with Gasteiger partial charge in [-0.25, -0.2) is 9.50 Å². The second-order valence-corrected chi connectivity index (χ2v) is 7.39. The summed E-state index contributed by atoms with van der Waals surface area (Å²) in [5.41, 5.74) is 3.90. The topological polar surface area (TPSA) is 50.4 Å². The lowest BCUT2D eigenvalue weighted by molar-refractivity contribution is 0.274. The average molecular weight is 327 g/mol. The van der Waals surface area contributed by atoms with Gasteiger partial charge in [0.25, 0.3) is 0 Å². The zero-order valence-electron chi connectivity index (χ0n) is 13.3. The van der Waals surface area contributed by atoms with Crippen molar-refractivity contribution in [1.29, 1.82) is 0 Å². The van der Waals surface area contributed by atoms with E-state index in [9.17, 15) is 5.11 Å². The van der Waals surface area contributed by atoms with Crippen LogP contribution in [0.25, 0.3) is 16.2 Å². The first-order chi connectivity index (χ1) is 11.3. The van der Waals surface area contributed by atoms with Crippen LogP contribution < -0.4 is 0 Å². The fraction of sp³-hybridized carbons (Fsp3) is 0.444. The third kappa shape index (κ3) is 2.68. The van der Waals surface area contributed by atoms with E-state index < -0.39 is 0 Å². The molecule has 120 valence electrons. The Morgan fingerprint density at radius 1 is 1.17 bits per heavy atom. The molecule has 23 heavy (non-hydrogen) atoms. The standard InChI is InChI=1S/C18H21N3OS/c1-12-7-9-13(10-8-12)16-15(11-22)21-18(19-16)23-17(20-21)14-5-3-2-4-6-14/h7-10,14,22H,2-6,11H2,1H3. The maximum Gasteiger partial charge on any atom is 0.213 e. The molecule has 0 spiro atoms. The van der Waals surface area contributed by atoms with Crippen molar-refractivity contribution in [1.82, 2.24) is 14.6 Å². The van der Waals surface area contributed by atoms with Gasteiger partial charge >= 0.3 is 0 Å². The van der Waals surface area contributed by atoms with Gasteiger partial charge in [-0.2, -0.15) is 5.10 Å². The molecule has 1 saturated carbocycles. The monoisotopic (exact) mass is 327 g/mol. The summed E-state index contributed by atoms with van der Waals surface area (Å²) in [7, 11) is 0. The number of fused-ring (bicyclic) bond motifs is 1. The van der Waals surface area contributed by atoms with Crippen LogP contribution in [0.15, 0.2) is 24.3 Å². The number of hydrogen-bond acceptors (Lipinski definition) is 4. The molecule has 0 radical (unpaired) electrons. The second kappa shape index (κ2) is 6.06. The first kappa shape index (κ1) is 14.8. The lowest BCUT2D eigenvalue weighted by Crippen LogP contribution is -2.05. The van der Waals surface area contributed by atoms with Crippen LogP contribution in [0.2, 0.25) is 0 Å². The van der Waals surface area contributed by atoms with Crippen LogP contribution in [0.4, 0.5) is 0 Å². The zero-order valence-corrected chi connectivity index (χ0v) is 14.1. The molecule has 1 aliphatic rings. The maximum absolute atomic E-state index is 9.84. The smallest absolute Gasteiger partial charge is 0.213 e. The molecule has 2 aromatic heterocycles. The van der Waals surface area contributed by atoms with Gasteiger partial charge in [0.1, 0.15) is 5.01 Å². The molecule has 1 aliphatic carbocycles. The Morgan fingerprint density at radius 2 is 1.91 bits per heavy atom. The molecule has 0 bridgehead atoms. The summed E-state index contributed by atoms with van der Waals surface area (Å²) >= 11 is 1.68. The van der Waals surface area contributed by atoms with Crippen LogP contribution in [0.3, 0.4) is 0 Å². The first-order valence-corrected chi connectivity index (χ1v) is 9.14. The number of aryl methyl sites for hydroxylation is 1. The van der Waals surface area contributed by atoms with Gasteiger partial charge in [0.05, 0.1) is 18.0 Å². The van der Waals surface area contributed by atoms with E-state index in [0.29, 0.717) is 5.92 Å². The normalized spacial score (nSPS) is 16.3. The highest BCUT2D eigenvalue weighted by molar-refractivity contribution is 7.16. The van der Waals surface area contributed by atoms with Crippen molar-refractivity contribution < 1.29 is 5.11 Å². The van der Waals surface area contributed by atoms with Crippen molar-refractivity contribution in [2.45, 2.75) is 51.6 Å². The van der Waals surface area contributed by atoms with E-state index in [2.05, 4.69) is 31.2 Å². The van der Waals surface area contributed by atoms with Crippen LogP contribution in [0, 0.1) is 6.92 Å². The van der Waals surface area contributed by atoms with Gasteiger partial charge in [0, 0.05) is 11.5 Å². The molecular weight excluding hydrogens is 306 g/mol. The molecule has 4 rings (SSSR count). The number of imidazole rings is 1. The highest BCUT2D eigenvalue weighted by Crippen LogP contribution is 2.36. The number of nitrogens with zero attached hydrogens (tertiary/aromatic N) is 3. The Morgan fingerprint density at radius 3 is 2.61 bits per heavy atom. The van der Waals surface area contributed by atoms with Crippen LogP contribution in [-0.2, 0) is 6.61 Å². The van der Waals surface area contributed by atoms with Crippen molar-refractivity contribution in [3.05, 3.63) is 40.5 Å². The fourth-order valence-corrected chi connectivity index (χ4v) is 4.49. The summed E-state index contributed by atoms with van der Waals surface area (Å²) in [6.07, 6.45) is 6.41. The van der Waals surface area contributed by atoms with Gasteiger partial charge in [-0.05, 0) is 19.8 Å². The van der Waals surface area contributed by atoms with Gasteiger partial charge in [-0.3, -0.25) is 0 Å². The lowest BCUT2D eigenvalue weighted by Gasteiger charge is -2.18. The number of benzene rings is 1. The minimum absolute atomic E-state index is 0.0434. The molecular formula is C18H21N3OS. The Kier molecular flexibility index (Phi) is 3.91. The van der Waals surface area contributed by atoms with Crippen molar-refractivity contribution in [3.63, 3.8) is 0 Å². The van der Waals surface area contributed by atoms with Gasteiger partial charge in [-0.1, -0.05) is 60.4 Å². The summed E-state index contributed by atoms with van der Waals surface area (Å²) in [5.74, 6) is 0.574. The Hall–Kier alpha value is -1.72. The predicted octanol–water partition coefficient (Wildman–Crippen LogP) is 4.31. The third-order valence-electron chi connectivity index (χ3n) is 4.74. The van der Waals surface area contributed by atoms with Crippen LogP contribution >= 0.6 is 11.3 Å². The van der Waals surface area contributed by atoms with Gasteiger partial charge < -0.3 is 5.11 Å². The Balaban J connectivity index is 1.75. The maximum atomic E-state index is 9.84. The number of hydrogen-bond donors (Lipinski definition) is 1. The van der Waals surface area contributed by atoms with Crippen molar-refractivity contribution in [2.24, 2.45) is 0 Å². The highest BCUT2D eigenvalue weighted by atomic mass is 32.1. The number of aliphatic hydroxyl groups is 1. The van der Waals surface area contributed by atoms with E-state index in [1.165, 1.54) is 42.7 Å². The molecule has 2 heterocycles. The summed E-state index contributed by atoms with van der Waals surface area (Å²) < 4.78 is 1.85. The third-order valence-corrected chi connectivity index (χ3v) is 5.81. The van der Waals surface area contributed by atoms with E-state index in [4.69, 9.17) is 10.1 Å².